The van der Waals surface area contributed by atoms with E-state index in [9.17, 15) is 0 Å². The summed E-state index contributed by atoms with van der Waals surface area (Å²) in [5.74, 6) is 0. The molecular formula is C12H14BrN3S2. The Kier molecular flexibility index (Phi) is 5.17. The monoisotopic (exact) mass is 343 g/mol. The normalized spacial score (nSPS) is 11.1. The van der Waals surface area contributed by atoms with Gasteiger partial charge in [0, 0.05) is 22.0 Å². The van der Waals surface area contributed by atoms with Gasteiger partial charge in [0.2, 0.25) is 0 Å². The van der Waals surface area contributed by atoms with Crippen LogP contribution in [0.2, 0.25) is 0 Å². The molecular weight excluding hydrogens is 330 g/mol. The summed E-state index contributed by atoms with van der Waals surface area (Å²) in [5, 5.41) is 11.3. The summed E-state index contributed by atoms with van der Waals surface area (Å²) in [6, 6.07) is 6.88. The Bertz CT molecular complexity index is 500. The van der Waals surface area contributed by atoms with Crippen LogP contribution in [0.25, 0.3) is 0 Å². The molecule has 0 aliphatic rings. The zero-order valence-corrected chi connectivity index (χ0v) is 13.4. The molecule has 0 saturated carbocycles. The Morgan fingerprint density at radius 2 is 2.28 bits per heavy atom. The summed E-state index contributed by atoms with van der Waals surface area (Å²) >= 11 is 6.81. The van der Waals surface area contributed by atoms with Crippen molar-refractivity contribution in [2.24, 2.45) is 0 Å². The first-order valence-corrected chi connectivity index (χ1v) is 8.10. The van der Waals surface area contributed by atoms with Gasteiger partial charge in [0.1, 0.15) is 5.51 Å². The van der Waals surface area contributed by atoms with Crippen LogP contribution < -0.4 is 5.32 Å². The lowest BCUT2D eigenvalue weighted by atomic mass is 10.2. The molecule has 0 atom stereocenters. The minimum atomic E-state index is 0.493. The van der Waals surface area contributed by atoms with Crippen LogP contribution in [0.5, 0.6) is 0 Å². The third kappa shape index (κ3) is 4.05. The van der Waals surface area contributed by atoms with Gasteiger partial charge >= 0.3 is 0 Å². The van der Waals surface area contributed by atoms with Crippen molar-refractivity contribution in [3.63, 3.8) is 0 Å². The van der Waals surface area contributed by atoms with Crippen molar-refractivity contribution in [3.05, 3.63) is 33.7 Å². The van der Waals surface area contributed by atoms with Crippen LogP contribution >= 0.6 is 39.0 Å². The molecule has 1 aromatic heterocycles. The van der Waals surface area contributed by atoms with Crippen molar-refractivity contribution in [1.29, 1.82) is 0 Å². The van der Waals surface area contributed by atoms with Gasteiger partial charge < -0.3 is 5.32 Å². The average Bonchev–Trinajstić information content (AvgIpc) is 2.80. The lowest BCUT2D eigenvalue weighted by Crippen LogP contribution is -2.21. The maximum atomic E-state index is 4.03. The van der Waals surface area contributed by atoms with Crippen molar-refractivity contribution in [1.82, 2.24) is 15.5 Å². The first-order chi connectivity index (χ1) is 8.65. The van der Waals surface area contributed by atoms with Gasteiger partial charge in [-0.25, -0.2) is 0 Å². The molecule has 2 aromatic rings. The number of nitrogens with zero attached hydrogens (tertiary/aromatic N) is 2. The SMILES string of the molecule is CC(C)NCc1ccc(Sc2nncs2)cc1Br. The highest BCUT2D eigenvalue weighted by molar-refractivity contribution is 9.10. The second kappa shape index (κ2) is 6.65. The van der Waals surface area contributed by atoms with Crippen LogP contribution in [0.3, 0.4) is 0 Å². The van der Waals surface area contributed by atoms with Gasteiger partial charge in [0.25, 0.3) is 0 Å². The molecule has 18 heavy (non-hydrogen) atoms. The number of hydrogen-bond donors (Lipinski definition) is 1. The molecule has 3 nitrogen and oxygen atoms in total. The van der Waals surface area contributed by atoms with Crippen LogP contribution in [0.15, 0.2) is 37.4 Å². The predicted octanol–water partition coefficient (Wildman–Crippen LogP) is 3.95. The van der Waals surface area contributed by atoms with Crippen molar-refractivity contribution in [3.8, 4) is 0 Å². The molecule has 0 bridgehead atoms. The predicted molar refractivity (Wildman–Crippen MR) is 80.1 cm³/mol. The highest BCUT2D eigenvalue weighted by Gasteiger charge is 2.05. The highest BCUT2D eigenvalue weighted by Crippen LogP contribution is 2.31. The second-order valence-corrected chi connectivity index (χ2v) is 7.10. The lowest BCUT2D eigenvalue weighted by Gasteiger charge is -2.10. The van der Waals surface area contributed by atoms with Gasteiger partial charge in [-0.15, -0.1) is 10.2 Å². The lowest BCUT2D eigenvalue weighted by molar-refractivity contribution is 0.587. The largest absolute Gasteiger partial charge is 0.310 e. The molecule has 0 saturated heterocycles. The summed E-state index contributed by atoms with van der Waals surface area (Å²) in [7, 11) is 0. The Morgan fingerprint density at radius 1 is 1.44 bits per heavy atom. The molecule has 96 valence electrons. The topological polar surface area (TPSA) is 37.8 Å². The van der Waals surface area contributed by atoms with Gasteiger partial charge in [0.15, 0.2) is 4.34 Å². The molecule has 0 aliphatic heterocycles. The van der Waals surface area contributed by atoms with E-state index >= 15 is 0 Å². The van der Waals surface area contributed by atoms with Crippen LogP contribution in [-0.4, -0.2) is 16.2 Å². The first kappa shape index (κ1) is 14.0. The van der Waals surface area contributed by atoms with Gasteiger partial charge in [-0.1, -0.05) is 58.9 Å². The Balaban J connectivity index is 2.05. The molecule has 6 heteroatoms. The summed E-state index contributed by atoms with van der Waals surface area (Å²) in [6.07, 6.45) is 0. The first-order valence-electron chi connectivity index (χ1n) is 5.61. The van der Waals surface area contributed by atoms with E-state index in [1.165, 1.54) is 10.5 Å². The molecule has 0 fully saturated rings. The number of halogens is 1. The maximum Gasteiger partial charge on any atom is 0.178 e. The minimum absolute atomic E-state index is 0.493. The number of nitrogens with one attached hydrogen (secondary N) is 1. The highest BCUT2D eigenvalue weighted by atomic mass is 79.9. The third-order valence-electron chi connectivity index (χ3n) is 2.27. The van der Waals surface area contributed by atoms with E-state index in [2.05, 4.69) is 63.5 Å². The van der Waals surface area contributed by atoms with E-state index < -0.39 is 0 Å². The fourth-order valence-electron chi connectivity index (χ4n) is 1.36. The summed E-state index contributed by atoms with van der Waals surface area (Å²) < 4.78 is 2.10. The van der Waals surface area contributed by atoms with Gasteiger partial charge in [-0.2, -0.15) is 0 Å². The van der Waals surface area contributed by atoms with Gasteiger partial charge in [-0.3, -0.25) is 0 Å². The number of benzene rings is 1. The molecule has 0 unspecified atom stereocenters. The van der Waals surface area contributed by atoms with E-state index in [0.29, 0.717) is 6.04 Å². The van der Waals surface area contributed by atoms with Crippen molar-refractivity contribution in [2.45, 2.75) is 35.7 Å². The fraction of sp³-hybridized carbons (Fsp3) is 0.333. The van der Waals surface area contributed by atoms with Crippen LogP contribution in [0.4, 0.5) is 0 Å². The summed E-state index contributed by atoms with van der Waals surface area (Å²) in [4.78, 5) is 1.17. The van der Waals surface area contributed by atoms with Crippen molar-refractivity contribution < 1.29 is 0 Å². The second-order valence-electron chi connectivity index (χ2n) is 4.10. The minimum Gasteiger partial charge on any atom is -0.310 e. The van der Waals surface area contributed by atoms with Crippen LogP contribution in [0.1, 0.15) is 19.4 Å². The quantitative estimate of drug-likeness (QED) is 0.891. The van der Waals surface area contributed by atoms with E-state index in [1.807, 2.05) is 0 Å². The smallest absolute Gasteiger partial charge is 0.178 e. The van der Waals surface area contributed by atoms with Gasteiger partial charge in [-0.05, 0) is 17.7 Å². The van der Waals surface area contributed by atoms with Crippen molar-refractivity contribution in [2.75, 3.05) is 0 Å². The van der Waals surface area contributed by atoms with E-state index in [-0.39, 0.29) is 0 Å². The molecule has 1 N–H and O–H groups in total. The molecule has 1 heterocycles. The number of hydrogen-bond acceptors (Lipinski definition) is 5. The van der Waals surface area contributed by atoms with E-state index in [1.54, 1.807) is 28.6 Å². The molecule has 0 spiro atoms. The molecule has 2 rings (SSSR count). The van der Waals surface area contributed by atoms with Crippen LogP contribution in [-0.2, 0) is 6.54 Å². The standard InChI is InChI=1S/C12H14BrN3S2/c1-8(2)14-6-9-3-4-10(5-11(9)13)18-12-16-15-7-17-12/h3-5,7-8,14H,6H2,1-2H3. The zero-order chi connectivity index (χ0) is 13.0. The van der Waals surface area contributed by atoms with Crippen molar-refractivity contribution >= 4 is 39.0 Å². The van der Waals surface area contributed by atoms with E-state index in [0.717, 1.165) is 15.4 Å². The maximum absolute atomic E-state index is 4.03. The summed E-state index contributed by atoms with van der Waals surface area (Å²) in [6.45, 7) is 5.17. The molecule has 1 aromatic carbocycles. The van der Waals surface area contributed by atoms with E-state index in [4.69, 9.17) is 0 Å². The Morgan fingerprint density at radius 3 is 2.89 bits per heavy atom. The summed E-state index contributed by atoms with van der Waals surface area (Å²) in [5.41, 5.74) is 3.02. The molecule has 0 radical (unpaired) electrons. The third-order valence-corrected chi connectivity index (χ3v) is 4.78. The molecule has 0 amide bonds. The fourth-order valence-corrected chi connectivity index (χ4v) is 3.52. The molecule has 0 aliphatic carbocycles. The number of aromatic nitrogens is 2. The number of rotatable bonds is 5. The Hall–Kier alpha value is -0.430. The average molecular weight is 344 g/mol. The van der Waals surface area contributed by atoms with Gasteiger partial charge in [0.05, 0.1) is 0 Å². The van der Waals surface area contributed by atoms with Crippen LogP contribution in [0, 0.1) is 0 Å². The zero-order valence-electron chi connectivity index (χ0n) is 10.2. The Labute approximate surface area is 124 Å².